The van der Waals surface area contributed by atoms with Crippen LogP contribution in [0, 0.1) is 0 Å². The van der Waals surface area contributed by atoms with Crippen LogP contribution in [0.4, 0.5) is 0 Å². The van der Waals surface area contributed by atoms with Gasteiger partial charge in [0.15, 0.2) is 0 Å². The van der Waals surface area contributed by atoms with Gasteiger partial charge in [0.05, 0.1) is 0 Å². The van der Waals surface area contributed by atoms with Crippen LogP contribution in [0.3, 0.4) is 0 Å². The van der Waals surface area contributed by atoms with Gasteiger partial charge in [-0.05, 0) is 31.4 Å². The Morgan fingerprint density at radius 2 is 2.10 bits per heavy atom. The summed E-state index contributed by atoms with van der Waals surface area (Å²) >= 11 is 0. The average molecular weight is 136 g/mol. The zero-order valence-electron chi connectivity index (χ0n) is 7.15. The van der Waals surface area contributed by atoms with Crippen molar-refractivity contribution >= 4 is 0 Å². The van der Waals surface area contributed by atoms with Crippen LogP contribution < -0.4 is 0 Å². The second-order valence-corrected chi connectivity index (χ2v) is 2.32. The van der Waals surface area contributed by atoms with Crippen LogP contribution in [0.5, 0.6) is 0 Å². The molecule has 0 bridgehead atoms. The summed E-state index contributed by atoms with van der Waals surface area (Å²) in [4.78, 5) is 0. The van der Waals surface area contributed by atoms with Gasteiger partial charge in [-0.25, -0.2) is 0 Å². The van der Waals surface area contributed by atoms with E-state index in [-0.39, 0.29) is 0 Å². The summed E-state index contributed by atoms with van der Waals surface area (Å²) in [6.07, 6.45) is 7.31. The van der Waals surface area contributed by atoms with Gasteiger partial charge in [-0.15, -0.1) is 0 Å². The Morgan fingerprint density at radius 3 is 2.50 bits per heavy atom. The number of allylic oxidation sites excluding steroid dienone is 5. The van der Waals surface area contributed by atoms with Crippen molar-refractivity contribution in [3.63, 3.8) is 0 Å². The van der Waals surface area contributed by atoms with Crippen molar-refractivity contribution in [1.82, 2.24) is 0 Å². The first-order valence-electron chi connectivity index (χ1n) is 3.71. The third-order valence-corrected chi connectivity index (χ3v) is 1.38. The molecule has 10 heavy (non-hydrogen) atoms. The molecule has 0 heterocycles. The van der Waals surface area contributed by atoms with Gasteiger partial charge in [-0.2, -0.15) is 0 Å². The summed E-state index contributed by atoms with van der Waals surface area (Å²) in [5.41, 5.74) is 2.39. The monoisotopic (exact) mass is 136 g/mol. The SMILES string of the molecule is C=C(/C=C\C)/C(C)=C/CC. The van der Waals surface area contributed by atoms with Crippen LogP contribution in [0.15, 0.2) is 36.0 Å². The molecule has 56 valence electrons. The lowest BCUT2D eigenvalue weighted by Gasteiger charge is -1.97. The molecule has 0 fully saturated rings. The minimum Gasteiger partial charge on any atom is -0.0915 e. The minimum absolute atomic E-state index is 1.09. The topological polar surface area (TPSA) is 0 Å². The molecule has 0 aromatic carbocycles. The van der Waals surface area contributed by atoms with Crippen molar-refractivity contribution in [2.75, 3.05) is 0 Å². The molecule has 0 unspecified atom stereocenters. The summed E-state index contributed by atoms with van der Waals surface area (Å²) < 4.78 is 0. The lowest BCUT2D eigenvalue weighted by Crippen LogP contribution is -1.76. The second kappa shape index (κ2) is 5.04. The van der Waals surface area contributed by atoms with Gasteiger partial charge in [0.2, 0.25) is 0 Å². The molecular weight excluding hydrogens is 120 g/mol. The minimum atomic E-state index is 1.09. The van der Waals surface area contributed by atoms with Crippen LogP contribution in [-0.2, 0) is 0 Å². The first kappa shape index (κ1) is 9.22. The fraction of sp³-hybridized carbons (Fsp3) is 0.400. The lowest BCUT2D eigenvalue weighted by molar-refractivity contribution is 1.19. The third-order valence-electron chi connectivity index (χ3n) is 1.38. The Bertz CT molecular complexity index is 159. The van der Waals surface area contributed by atoms with E-state index in [9.17, 15) is 0 Å². The fourth-order valence-electron chi connectivity index (χ4n) is 0.770. The number of hydrogen-bond donors (Lipinski definition) is 0. The largest absolute Gasteiger partial charge is 0.0915 e. The van der Waals surface area contributed by atoms with E-state index >= 15 is 0 Å². The van der Waals surface area contributed by atoms with E-state index in [1.54, 1.807) is 0 Å². The molecule has 0 aromatic heterocycles. The summed E-state index contributed by atoms with van der Waals surface area (Å²) in [6, 6.07) is 0. The molecule has 0 aliphatic carbocycles. The van der Waals surface area contributed by atoms with Gasteiger partial charge in [-0.3, -0.25) is 0 Å². The third kappa shape index (κ3) is 3.29. The van der Waals surface area contributed by atoms with Gasteiger partial charge in [0, 0.05) is 0 Å². The van der Waals surface area contributed by atoms with Gasteiger partial charge in [-0.1, -0.05) is 31.7 Å². The van der Waals surface area contributed by atoms with Crippen LogP contribution in [0.1, 0.15) is 27.2 Å². The smallest absolute Gasteiger partial charge is 0.0306 e. The average Bonchev–Trinajstić information content (AvgIpc) is 1.89. The zero-order chi connectivity index (χ0) is 7.98. The summed E-state index contributed by atoms with van der Waals surface area (Å²) in [5, 5.41) is 0. The van der Waals surface area contributed by atoms with Gasteiger partial charge >= 0.3 is 0 Å². The van der Waals surface area contributed by atoms with Gasteiger partial charge in [0.25, 0.3) is 0 Å². The molecule has 0 rings (SSSR count). The molecule has 0 N–H and O–H groups in total. The standard InChI is InChI=1S/C10H16/c1-5-7-9(3)10(4)8-6-2/h5,7-8H,3,6H2,1-2,4H3/b7-5-,10-8+. The van der Waals surface area contributed by atoms with Crippen molar-refractivity contribution in [3.05, 3.63) is 36.0 Å². The van der Waals surface area contributed by atoms with E-state index in [0.29, 0.717) is 0 Å². The fourth-order valence-corrected chi connectivity index (χ4v) is 0.770. The quantitative estimate of drug-likeness (QED) is 0.521. The molecule has 0 nitrogen and oxygen atoms in total. The maximum Gasteiger partial charge on any atom is -0.0306 e. The van der Waals surface area contributed by atoms with Crippen molar-refractivity contribution < 1.29 is 0 Å². The van der Waals surface area contributed by atoms with Crippen LogP contribution in [-0.4, -0.2) is 0 Å². The summed E-state index contributed by atoms with van der Waals surface area (Å²) in [6.45, 7) is 10.1. The van der Waals surface area contributed by atoms with Crippen molar-refractivity contribution in [1.29, 1.82) is 0 Å². The Balaban J connectivity index is 4.07. The Morgan fingerprint density at radius 1 is 1.50 bits per heavy atom. The highest BCUT2D eigenvalue weighted by molar-refractivity contribution is 5.35. The van der Waals surface area contributed by atoms with Gasteiger partial charge in [0.1, 0.15) is 0 Å². The molecule has 0 amide bonds. The van der Waals surface area contributed by atoms with Crippen LogP contribution >= 0.6 is 0 Å². The predicted molar refractivity (Wildman–Crippen MR) is 48.0 cm³/mol. The van der Waals surface area contributed by atoms with E-state index in [1.807, 2.05) is 19.1 Å². The molecule has 0 saturated carbocycles. The van der Waals surface area contributed by atoms with Crippen LogP contribution in [0.2, 0.25) is 0 Å². The van der Waals surface area contributed by atoms with E-state index in [1.165, 1.54) is 5.57 Å². The maximum absolute atomic E-state index is 3.91. The molecular formula is C10H16. The van der Waals surface area contributed by atoms with E-state index in [0.717, 1.165) is 12.0 Å². The Kier molecular flexibility index (Phi) is 4.65. The molecule has 0 spiro atoms. The summed E-state index contributed by atoms with van der Waals surface area (Å²) in [7, 11) is 0. The number of hydrogen-bond acceptors (Lipinski definition) is 0. The van der Waals surface area contributed by atoms with Crippen molar-refractivity contribution in [3.8, 4) is 0 Å². The van der Waals surface area contributed by atoms with Crippen LogP contribution in [0.25, 0.3) is 0 Å². The first-order valence-corrected chi connectivity index (χ1v) is 3.71. The summed E-state index contributed by atoms with van der Waals surface area (Å²) in [5.74, 6) is 0. The molecule has 0 heteroatoms. The highest BCUT2D eigenvalue weighted by Gasteiger charge is 1.87. The second-order valence-electron chi connectivity index (χ2n) is 2.32. The zero-order valence-corrected chi connectivity index (χ0v) is 7.15. The maximum atomic E-state index is 3.91. The molecule has 0 radical (unpaired) electrons. The number of rotatable bonds is 3. The van der Waals surface area contributed by atoms with Crippen molar-refractivity contribution in [2.24, 2.45) is 0 Å². The lowest BCUT2D eigenvalue weighted by atomic mass is 10.1. The molecule has 0 atom stereocenters. The molecule has 0 aliphatic heterocycles. The van der Waals surface area contributed by atoms with E-state index in [4.69, 9.17) is 0 Å². The van der Waals surface area contributed by atoms with E-state index in [2.05, 4.69) is 26.5 Å². The van der Waals surface area contributed by atoms with Gasteiger partial charge < -0.3 is 0 Å². The normalized spacial score (nSPS) is 12.5. The molecule has 0 aliphatic rings. The predicted octanol–water partition coefficient (Wildman–Crippen LogP) is 3.48. The Labute approximate surface area is 64.0 Å². The Hall–Kier alpha value is -0.780. The first-order chi connectivity index (χ1) is 4.72. The molecule has 0 aromatic rings. The van der Waals surface area contributed by atoms with Crippen molar-refractivity contribution in [2.45, 2.75) is 27.2 Å². The highest BCUT2D eigenvalue weighted by Crippen LogP contribution is 2.08. The van der Waals surface area contributed by atoms with E-state index < -0.39 is 0 Å². The highest BCUT2D eigenvalue weighted by atomic mass is 13.9. The molecule has 0 saturated heterocycles.